The number of rotatable bonds is 6. The minimum absolute atomic E-state index is 0.0403. The molecule has 1 N–H and O–H groups in total. The standard InChI is InChI=1S/C13H10ClFN6O2S/c14-9-3-8(15)1-2-10(9)18-11(22)5-24-13-20-19-12(23-13)4-21-7-16-6-17-21/h1-3,6-7H,4-5H2,(H,18,22). The van der Waals surface area contributed by atoms with Crippen LogP contribution in [0, 0.1) is 5.82 Å². The number of amides is 1. The van der Waals surface area contributed by atoms with Crippen molar-refractivity contribution in [1.29, 1.82) is 0 Å². The molecule has 1 aromatic carbocycles. The molecular formula is C13H10ClFN6O2S. The van der Waals surface area contributed by atoms with Gasteiger partial charge in [-0.05, 0) is 18.2 Å². The Morgan fingerprint density at radius 3 is 3.04 bits per heavy atom. The SMILES string of the molecule is O=C(CSc1nnc(Cn2cncn2)o1)Nc1ccc(F)cc1Cl. The average Bonchev–Trinajstić information content (AvgIpc) is 3.20. The van der Waals surface area contributed by atoms with Crippen molar-refractivity contribution in [1.82, 2.24) is 25.0 Å². The molecule has 8 nitrogen and oxygen atoms in total. The highest BCUT2D eigenvalue weighted by atomic mass is 35.5. The fraction of sp³-hybridized carbons (Fsp3) is 0.154. The van der Waals surface area contributed by atoms with Crippen LogP contribution in [0.25, 0.3) is 0 Å². The van der Waals surface area contributed by atoms with E-state index in [-0.39, 0.29) is 21.9 Å². The molecule has 0 fully saturated rings. The van der Waals surface area contributed by atoms with Gasteiger partial charge in [-0.25, -0.2) is 14.1 Å². The lowest BCUT2D eigenvalue weighted by atomic mass is 10.3. The summed E-state index contributed by atoms with van der Waals surface area (Å²) in [6, 6.07) is 3.73. The third-order valence-corrected chi connectivity index (χ3v) is 3.88. The summed E-state index contributed by atoms with van der Waals surface area (Å²) in [5, 5.41) is 14.6. The molecule has 0 spiro atoms. The van der Waals surface area contributed by atoms with Crippen molar-refractivity contribution in [3.8, 4) is 0 Å². The summed E-state index contributed by atoms with van der Waals surface area (Å²) in [5.41, 5.74) is 0.334. The Morgan fingerprint density at radius 1 is 1.42 bits per heavy atom. The van der Waals surface area contributed by atoms with E-state index in [1.54, 1.807) is 0 Å². The second-order valence-corrected chi connectivity index (χ2v) is 5.85. The molecule has 24 heavy (non-hydrogen) atoms. The molecule has 124 valence electrons. The Balaban J connectivity index is 1.52. The number of carbonyl (C=O) groups excluding carboxylic acids is 1. The number of aromatic nitrogens is 5. The van der Waals surface area contributed by atoms with E-state index in [4.69, 9.17) is 16.0 Å². The van der Waals surface area contributed by atoms with Crippen LogP contribution in [-0.4, -0.2) is 36.6 Å². The smallest absolute Gasteiger partial charge is 0.277 e. The van der Waals surface area contributed by atoms with Gasteiger partial charge in [-0.3, -0.25) is 4.79 Å². The van der Waals surface area contributed by atoms with E-state index in [1.807, 2.05) is 0 Å². The summed E-state index contributed by atoms with van der Waals surface area (Å²) in [6.45, 7) is 0.297. The van der Waals surface area contributed by atoms with E-state index in [9.17, 15) is 9.18 Å². The van der Waals surface area contributed by atoms with Crippen molar-refractivity contribution < 1.29 is 13.6 Å². The van der Waals surface area contributed by atoms with Crippen LogP contribution in [-0.2, 0) is 11.3 Å². The maximum atomic E-state index is 13.0. The molecule has 1 amide bonds. The number of nitrogens with zero attached hydrogens (tertiary/aromatic N) is 5. The van der Waals surface area contributed by atoms with E-state index in [0.717, 1.165) is 17.8 Å². The van der Waals surface area contributed by atoms with Crippen molar-refractivity contribution in [2.24, 2.45) is 0 Å². The highest BCUT2D eigenvalue weighted by Crippen LogP contribution is 2.23. The largest absolute Gasteiger partial charge is 0.414 e. The van der Waals surface area contributed by atoms with Gasteiger partial charge in [0, 0.05) is 0 Å². The third kappa shape index (κ3) is 4.30. The first-order valence-corrected chi connectivity index (χ1v) is 7.99. The van der Waals surface area contributed by atoms with Gasteiger partial charge in [0.1, 0.15) is 25.0 Å². The van der Waals surface area contributed by atoms with Gasteiger partial charge in [-0.1, -0.05) is 23.4 Å². The van der Waals surface area contributed by atoms with Crippen molar-refractivity contribution >= 4 is 35.0 Å². The number of hydrogen-bond acceptors (Lipinski definition) is 7. The molecule has 0 bridgehead atoms. The number of carbonyl (C=O) groups is 1. The third-order valence-electron chi connectivity index (χ3n) is 2.74. The first-order valence-electron chi connectivity index (χ1n) is 6.62. The number of halogens is 2. The predicted molar refractivity (Wildman–Crippen MR) is 84.2 cm³/mol. The molecule has 0 saturated heterocycles. The Bertz CT molecular complexity index is 841. The number of thioether (sulfide) groups is 1. The van der Waals surface area contributed by atoms with E-state index < -0.39 is 5.82 Å². The zero-order chi connectivity index (χ0) is 16.9. The minimum Gasteiger partial charge on any atom is -0.414 e. The molecule has 2 aromatic heterocycles. The first-order chi connectivity index (χ1) is 11.6. The topological polar surface area (TPSA) is 98.7 Å². The Kier molecular flexibility index (Phi) is 5.06. The fourth-order valence-electron chi connectivity index (χ4n) is 1.72. The lowest BCUT2D eigenvalue weighted by Gasteiger charge is -2.06. The molecule has 0 unspecified atom stereocenters. The second kappa shape index (κ2) is 7.41. The number of hydrogen-bond donors (Lipinski definition) is 1. The van der Waals surface area contributed by atoms with Gasteiger partial charge in [0.25, 0.3) is 5.22 Å². The maximum absolute atomic E-state index is 13.0. The van der Waals surface area contributed by atoms with Crippen LogP contribution in [0.4, 0.5) is 10.1 Å². The van der Waals surface area contributed by atoms with Crippen molar-refractivity contribution in [3.63, 3.8) is 0 Å². The second-order valence-electron chi connectivity index (χ2n) is 4.52. The molecule has 0 aliphatic rings. The Hall–Kier alpha value is -2.46. The van der Waals surface area contributed by atoms with E-state index in [1.165, 1.54) is 29.5 Å². The highest BCUT2D eigenvalue weighted by Gasteiger charge is 2.12. The number of anilines is 1. The molecule has 0 aliphatic heterocycles. The normalized spacial score (nSPS) is 10.8. The molecule has 11 heteroatoms. The number of benzene rings is 1. The molecule has 0 saturated carbocycles. The highest BCUT2D eigenvalue weighted by molar-refractivity contribution is 7.99. The zero-order valence-electron chi connectivity index (χ0n) is 12.0. The molecular weight excluding hydrogens is 359 g/mol. The van der Waals surface area contributed by atoms with Crippen LogP contribution in [0.15, 0.2) is 40.5 Å². The summed E-state index contributed by atoms with van der Waals surface area (Å²) < 4.78 is 19.9. The van der Waals surface area contributed by atoms with E-state index >= 15 is 0 Å². The molecule has 0 atom stereocenters. The lowest BCUT2D eigenvalue weighted by Crippen LogP contribution is -2.14. The van der Waals surface area contributed by atoms with E-state index in [0.29, 0.717) is 18.1 Å². The summed E-state index contributed by atoms with van der Waals surface area (Å²) in [5.74, 6) is -0.411. The van der Waals surface area contributed by atoms with Gasteiger partial charge in [0.15, 0.2) is 0 Å². The molecule has 3 rings (SSSR count). The lowest BCUT2D eigenvalue weighted by molar-refractivity contribution is -0.113. The van der Waals surface area contributed by atoms with Gasteiger partial charge in [-0.2, -0.15) is 5.10 Å². The molecule has 0 radical (unpaired) electrons. The molecule has 2 heterocycles. The van der Waals surface area contributed by atoms with Crippen LogP contribution in [0.2, 0.25) is 5.02 Å². The van der Waals surface area contributed by atoms with Crippen molar-refractivity contribution in [2.45, 2.75) is 11.8 Å². The quantitative estimate of drug-likeness (QED) is 0.666. The van der Waals surface area contributed by atoms with Crippen LogP contribution < -0.4 is 5.32 Å². The average molecular weight is 369 g/mol. The summed E-state index contributed by atoms with van der Waals surface area (Å²) in [4.78, 5) is 15.7. The van der Waals surface area contributed by atoms with Crippen molar-refractivity contribution in [2.75, 3.05) is 11.1 Å². The van der Waals surface area contributed by atoms with Gasteiger partial charge in [0.2, 0.25) is 11.8 Å². The Labute approximate surface area is 144 Å². The zero-order valence-corrected chi connectivity index (χ0v) is 13.6. The van der Waals surface area contributed by atoms with Crippen LogP contribution >= 0.6 is 23.4 Å². The van der Waals surface area contributed by atoms with Crippen LogP contribution in [0.5, 0.6) is 0 Å². The van der Waals surface area contributed by atoms with E-state index in [2.05, 4.69) is 25.6 Å². The summed E-state index contributed by atoms with van der Waals surface area (Å²) in [7, 11) is 0. The van der Waals surface area contributed by atoms with Crippen LogP contribution in [0.3, 0.4) is 0 Å². The summed E-state index contributed by atoms with van der Waals surface area (Å²) in [6.07, 6.45) is 2.92. The van der Waals surface area contributed by atoms with Crippen molar-refractivity contribution in [3.05, 3.63) is 47.6 Å². The van der Waals surface area contributed by atoms with Gasteiger partial charge in [0.05, 0.1) is 16.5 Å². The van der Waals surface area contributed by atoms with Gasteiger partial charge < -0.3 is 9.73 Å². The molecule has 3 aromatic rings. The Morgan fingerprint density at radius 2 is 2.29 bits per heavy atom. The van der Waals surface area contributed by atoms with Gasteiger partial charge in [-0.15, -0.1) is 10.2 Å². The predicted octanol–water partition coefficient (Wildman–Crippen LogP) is 2.23. The van der Waals surface area contributed by atoms with Crippen LogP contribution in [0.1, 0.15) is 5.89 Å². The number of nitrogens with one attached hydrogen (secondary N) is 1. The minimum atomic E-state index is -0.474. The summed E-state index contributed by atoms with van der Waals surface area (Å²) >= 11 is 6.92. The van der Waals surface area contributed by atoms with Gasteiger partial charge >= 0.3 is 0 Å². The fourth-order valence-corrected chi connectivity index (χ4v) is 2.51. The molecule has 0 aliphatic carbocycles. The maximum Gasteiger partial charge on any atom is 0.277 e. The first kappa shape index (κ1) is 16.4. The monoisotopic (exact) mass is 368 g/mol.